The Balaban J connectivity index is 1.63. The van der Waals surface area contributed by atoms with Gasteiger partial charge in [0, 0.05) is 18.5 Å². The molecular formula is C16H18N4O. The van der Waals surface area contributed by atoms with Crippen LogP contribution in [-0.4, -0.2) is 20.7 Å². The summed E-state index contributed by atoms with van der Waals surface area (Å²) in [5.41, 5.74) is 1.95. The van der Waals surface area contributed by atoms with Gasteiger partial charge in [-0.25, -0.2) is 9.67 Å². The highest BCUT2D eigenvalue weighted by atomic mass is 16.1. The smallest absolute Gasteiger partial charge is 0.248 e. The fourth-order valence-corrected chi connectivity index (χ4v) is 2.51. The van der Waals surface area contributed by atoms with Crippen molar-refractivity contribution in [1.82, 2.24) is 14.8 Å². The van der Waals surface area contributed by atoms with Gasteiger partial charge >= 0.3 is 0 Å². The van der Waals surface area contributed by atoms with Crippen molar-refractivity contribution in [2.45, 2.75) is 32.1 Å². The number of rotatable bonds is 3. The van der Waals surface area contributed by atoms with Crippen LogP contribution in [0.3, 0.4) is 0 Å². The molecule has 0 spiro atoms. The zero-order valence-corrected chi connectivity index (χ0v) is 11.8. The number of hydrogen-bond donors (Lipinski definition) is 1. The molecule has 1 N–H and O–H groups in total. The highest BCUT2D eigenvalue weighted by Gasteiger charge is 2.08. The van der Waals surface area contributed by atoms with Crippen molar-refractivity contribution in [3.63, 3.8) is 0 Å². The second kappa shape index (κ2) is 6.35. The molecule has 5 nitrogen and oxygen atoms in total. The van der Waals surface area contributed by atoms with Gasteiger partial charge in [0.15, 0.2) is 5.82 Å². The van der Waals surface area contributed by atoms with Crippen LogP contribution in [0.5, 0.6) is 0 Å². The van der Waals surface area contributed by atoms with E-state index >= 15 is 0 Å². The third-order valence-electron chi connectivity index (χ3n) is 3.59. The number of anilines is 1. The van der Waals surface area contributed by atoms with Crippen molar-refractivity contribution < 1.29 is 4.79 Å². The first kappa shape index (κ1) is 13.5. The van der Waals surface area contributed by atoms with E-state index in [1.807, 2.05) is 24.4 Å². The molecule has 0 radical (unpaired) electrons. The maximum Gasteiger partial charge on any atom is 0.248 e. The standard InChI is InChI=1S/C16H18N4O/c21-16(11-13-5-2-1-3-6-13)19-14-7-8-15(17-12-14)20-10-4-9-18-20/h4,7-12H,1-3,5-6H2,(H,19,21). The summed E-state index contributed by atoms with van der Waals surface area (Å²) in [5.74, 6) is 0.657. The van der Waals surface area contributed by atoms with Gasteiger partial charge in [-0.05, 0) is 43.9 Å². The quantitative estimate of drug-likeness (QED) is 0.880. The Morgan fingerprint density at radius 2 is 2.10 bits per heavy atom. The average Bonchev–Trinajstić information content (AvgIpc) is 3.03. The molecule has 3 rings (SSSR count). The lowest BCUT2D eigenvalue weighted by Crippen LogP contribution is -2.10. The largest absolute Gasteiger partial charge is 0.321 e. The molecule has 0 aliphatic heterocycles. The van der Waals surface area contributed by atoms with Gasteiger partial charge in [-0.15, -0.1) is 0 Å². The van der Waals surface area contributed by atoms with Gasteiger partial charge in [-0.1, -0.05) is 12.0 Å². The lowest BCUT2D eigenvalue weighted by Gasteiger charge is -2.13. The molecule has 0 unspecified atom stereocenters. The lowest BCUT2D eigenvalue weighted by molar-refractivity contribution is -0.112. The van der Waals surface area contributed by atoms with Crippen LogP contribution in [0.4, 0.5) is 5.69 Å². The van der Waals surface area contributed by atoms with E-state index in [-0.39, 0.29) is 5.91 Å². The highest BCUT2D eigenvalue weighted by Crippen LogP contribution is 2.22. The van der Waals surface area contributed by atoms with Crippen molar-refractivity contribution >= 4 is 11.6 Å². The van der Waals surface area contributed by atoms with Gasteiger partial charge < -0.3 is 5.32 Å². The number of amides is 1. The first-order chi connectivity index (χ1) is 10.3. The number of nitrogens with zero attached hydrogens (tertiary/aromatic N) is 3. The third-order valence-corrected chi connectivity index (χ3v) is 3.59. The zero-order valence-electron chi connectivity index (χ0n) is 11.8. The molecule has 1 aliphatic rings. The molecular weight excluding hydrogens is 264 g/mol. The Bertz CT molecular complexity index is 621. The van der Waals surface area contributed by atoms with Crippen LogP contribution in [0.2, 0.25) is 0 Å². The molecule has 1 aliphatic carbocycles. The number of pyridine rings is 1. The average molecular weight is 282 g/mol. The SMILES string of the molecule is O=C(C=C1CCCCC1)Nc1ccc(-n2cccn2)nc1. The van der Waals surface area contributed by atoms with E-state index in [0.717, 1.165) is 18.7 Å². The topological polar surface area (TPSA) is 59.8 Å². The first-order valence-corrected chi connectivity index (χ1v) is 7.28. The second-order valence-corrected chi connectivity index (χ2v) is 5.21. The third kappa shape index (κ3) is 3.56. The normalized spacial score (nSPS) is 14.8. The van der Waals surface area contributed by atoms with Crippen LogP contribution >= 0.6 is 0 Å². The van der Waals surface area contributed by atoms with Gasteiger partial charge in [0.05, 0.1) is 11.9 Å². The number of carbonyl (C=O) groups is 1. The Labute approximate surface area is 123 Å². The van der Waals surface area contributed by atoms with Crippen LogP contribution in [0, 0.1) is 0 Å². The summed E-state index contributed by atoms with van der Waals surface area (Å²) in [6.07, 6.45) is 12.7. The molecule has 21 heavy (non-hydrogen) atoms. The van der Waals surface area contributed by atoms with E-state index < -0.39 is 0 Å². The Morgan fingerprint density at radius 3 is 2.76 bits per heavy atom. The van der Waals surface area contributed by atoms with Crippen LogP contribution in [-0.2, 0) is 4.79 Å². The van der Waals surface area contributed by atoms with E-state index in [9.17, 15) is 4.79 Å². The van der Waals surface area contributed by atoms with E-state index in [0.29, 0.717) is 5.69 Å². The van der Waals surface area contributed by atoms with Crippen LogP contribution in [0.15, 0.2) is 48.4 Å². The molecule has 1 saturated carbocycles. The molecule has 2 aromatic heterocycles. The van der Waals surface area contributed by atoms with Gasteiger partial charge in [0.1, 0.15) is 0 Å². The fraction of sp³-hybridized carbons (Fsp3) is 0.312. The second-order valence-electron chi connectivity index (χ2n) is 5.21. The van der Waals surface area contributed by atoms with E-state index in [1.165, 1.54) is 24.8 Å². The summed E-state index contributed by atoms with van der Waals surface area (Å²) >= 11 is 0. The van der Waals surface area contributed by atoms with Gasteiger partial charge in [-0.2, -0.15) is 5.10 Å². The summed E-state index contributed by atoms with van der Waals surface area (Å²) < 4.78 is 1.68. The molecule has 0 saturated heterocycles. The minimum atomic E-state index is -0.0689. The Kier molecular flexibility index (Phi) is 4.09. The highest BCUT2D eigenvalue weighted by molar-refractivity contribution is 5.99. The molecule has 0 atom stereocenters. The maximum atomic E-state index is 12.0. The monoisotopic (exact) mass is 282 g/mol. The van der Waals surface area contributed by atoms with Gasteiger partial charge in [0.25, 0.3) is 0 Å². The molecule has 108 valence electrons. The molecule has 5 heteroatoms. The zero-order chi connectivity index (χ0) is 14.5. The summed E-state index contributed by atoms with van der Waals surface area (Å²) in [4.78, 5) is 16.2. The van der Waals surface area contributed by atoms with Crippen LogP contribution in [0.25, 0.3) is 5.82 Å². The van der Waals surface area contributed by atoms with Gasteiger partial charge in [-0.3, -0.25) is 4.79 Å². The van der Waals surface area contributed by atoms with E-state index in [1.54, 1.807) is 23.2 Å². The van der Waals surface area contributed by atoms with Gasteiger partial charge in [0.2, 0.25) is 5.91 Å². The summed E-state index contributed by atoms with van der Waals surface area (Å²) in [6, 6.07) is 5.51. The fourth-order valence-electron chi connectivity index (χ4n) is 2.51. The molecule has 1 amide bonds. The van der Waals surface area contributed by atoms with Crippen LogP contribution < -0.4 is 5.32 Å². The number of nitrogens with one attached hydrogen (secondary N) is 1. The summed E-state index contributed by atoms with van der Waals surface area (Å²) in [7, 11) is 0. The van der Waals surface area contributed by atoms with Crippen molar-refractivity contribution in [1.29, 1.82) is 0 Å². The molecule has 1 fully saturated rings. The number of hydrogen-bond acceptors (Lipinski definition) is 3. The number of carbonyl (C=O) groups excluding carboxylic acids is 1. The number of allylic oxidation sites excluding steroid dienone is 1. The summed E-state index contributed by atoms with van der Waals surface area (Å²) in [6.45, 7) is 0. The Hall–Kier alpha value is -2.43. The summed E-state index contributed by atoms with van der Waals surface area (Å²) in [5, 5.41) is 6.97. The maximum absolute atomic E-state index is 12.0. The van der Waals surface area contributed by atoms with Crippen molar-refractivity contribution in [3.8, 4) is 5.82 Å². The van der Waals surface area contributed by atoms with E-state index in [2.05, 4.69) is 15.4 Å². The number of aromatic nitrogens is 3. The molecule has 2 heterocycles. The Morgan fingerprint density at radius 1 is 1.24 bits per heavy atom. The predicted octanol–water partition coefficient (Wildman–Crippen LogP) is 3.10. The van der Waals surface area contributed by atoms with Crippen LogP contribution in [0.1, 0.15) is 32.1 Å². The van der Waals surface area contributed by atoms with E-state index in [4.69, 9.17) is 0 Å². The minimum absolute atomic E-state index is 0.0689. The lowest BCUT2D eigenvalue weighted by atomic mass is 9.95. The molecule has 0 bridgehead atoms. The van der Waals surface area contributed by atoms with Crippen molar-refractivity contribution in [2.24, 2.45) is 0 Å². The van der Waals surface area contributed by atoms with Crippen molar-refractivity contribution in [3.05, 3.63) is 48.4 Å². The minimum Gasteiger partial charge on any atom is -0.321 e. The predicted molar refractivity (Wildman–Crippen MR) is 81.2 cm³/mol. The molecule has 2 aromatic rings. The van der Waals surface area contributed by atoms with Crippen molar-refractivity contribution in [2.75, 3.05) is 5.32 Å². The molecule has 0 aromatic carbocycles. The first-order valence-electron chi connectivity index (χ1n) is 7.28.